The van der Waals surface area contributed by atoms with E-state index in [2.05, 4.69) is 39.2 Å². The highest BCUT2D eigenvalue weighted by molar-refractivity contribution is 6.74. The maximum atomic E-state index is 15.2. The molecule has 2 aliphatic rings. The number of anilines is 1. The van der Waals surface area contributed by atoms with E-state index in [1.54, 1.807) is 31.4 Å². The average molecular weight is 563 g/mol. The van der Waals surface area contributed by atoms with Gasteiger partial charge >= 0.3 is 0 Å². The SMILES string of the molecule is COc1ccc(CN2C(=O)CCc3c(OC[C@]4(O)CCNC[C@H]4O[Si](C)(C)C(C)(C)C)cc(F)c(F)c32)cc1. The number of hydrogen-bond donors (Lipinski definition) is 2. The molecule has 2 heterocycles. The Morgan fingerprint density at radius 2 is 1.87 bits per heavy atom. The first-order valence-electron chi connectivity index (χ1n) is 13.4. The number of methoxy groups -OCH3 is 1. The first kappa shape index (κ1) is 29.4. The van der Waals surface area contributed by atoms with Crippen molar-refractivity contribution in [2.24, 2.45) is 0 Å². The van der Waals surface area contributed by atoms with Crippen LogP contribution in [0.4, 0.5) is 14.5 Å². The van der Waals surface area contributed by atoms with Crippen LogP contribution >= 0.6 is 0 Å². The molecule has 0 saturated carbocycles. The fourth-order valence-electron chi connectivity index (χ4n) is 4.79. The van der Waals surface area contributed by atoms with Crippen LogP contribution in [0, 0.1) is 11.6 Å². The van der Waals surface area contributed by atoms with Gasteiger partial charge in [-0.1, -0.05) is 32.9 Å². The number of carbonyl (C=O) groups excluding carboxylic acids is 1. The van der Waals surface area contributed by atoms with Gasteiger partial charge in [-0.2, -0.15) is 0 Å². The van der Waals surface area contributed by atoms with Gasteiger partial charge in [-0.3, -0.25) is 4.79 Å². The van der Waals surface area contributed by atoms with Gasteiger partial charge in [0, 0.05) is 24.6 Å². The monoisotopic (exact) mass is 562 g/mol. The molecule has 214 valence electrons. The summed E-state index contributed by atoms with van der Waals surface area (Å²) in [5.41, 5.74) is -0.256. The number of carbonyl (C=O) groups is 1. The van der Waals surface area contributed by atoms with Crippen LogP contribution in [-0.4, -0.2) is 57.8 Å². The third-order valence-corrected chi connectivity index (χ3v) is 12.8. The molecule has 7 nitrogen and oxygen atoms in total. The van der Waals surface area contributed by atoms with Crippen LogP contribution < -0.4 is 19.7 Å². The van der Waals surface area contributed by atoms with Crippen LogP contribution in [0.25, 0.3) is 0 Å². The second-order valence-electron chi connectivity index (χ2n) is 12.0. The maximum absolute atomic E-state index is 15.2. The highest BCUT2D eigenvalue weighted by Gasteiger charge is 2.47. The molecule has 10 heteroatoms. The van der Waals surface area contributed by atoms with Crippen LogP contribution in [0.1, 0.15) is 44.7 Å². The number of aliphatic hydroxyl groups is 1. The van der Waals surface area contributed by atoms with Gasteiger partial charge < -0.3 is 29.2 Å². The lowest BCUT2D eigenvalue weighted by Crippen LogP contribution is -2.62. The first-order chi connectivity index (χ1) is 18.3. The molecule has 2 N–H and O–H groups in total. The third kappa shape index (κ3) is 6.14. The number of nitrogens with zero attached hydrogens (tertiary/aromatic N) is 1. The zero-order valence-corrected chi connectivity index (χ0v) is 24.7. The summed E-state index contributed by atoms with van der Waals surface area (Å²) in [6, 6.07) is 8.09. The zero-order chi connectivity index (χ0) is 28.6. The molecule has 2 aromatic carbocycles. The van der Waals surface area contributed by atoms with E-state index in [9.17, 15) is 14.3 Å². The minimum Gasteiger partial charge on any atom is -0.497 e. The summed E-state index contributed by atoms with van der Waals surface area (Å²) in [5.74, 6) is -1.70. The highest BCUT2D eigenvalue weighted by atomic mass is 28.4. The number of amides is 1. The van der Waals surface area contributed by atoms with Crippen molar-refractivity contribution < 1.29 is 32.6 Å². The van der Waals surface area contributed by atoms with E-state index >= 15 is 4.39 Å². The summed E-state index contributed by atoms with van der Waals surface area (Å²) in [4.78, 5) is 14.2. The van der Waals surface area contributed by atoms with E-state index < -0.39 is 31.7 Å². The smallest absolute Gasteiger partial charge is 0.227 e. The molecule has 2 aromatic rings. The quantitative estimate of drug-likeness (QED) is 0.444. The summed E-state index contributed by atoms with van der Waals surface area (Å²) in [7, 11) is -0.650. The Hall–Kier alpha value is -2.53. The van der Waals surface area contributed by atoms with Crippen LogP contribution in [0.15, 0.2) is 30.3 Å². The number of hydrogen-bond acceptors (Lipinski definition) is 6. The lowest BCUT2D eigenvalue weighted by Gasteiger charge is -2.46. The van der Waals surface area contributed by atoms with E-state index in [0.29, 0.717) is 30.8 Å². The Morgan fingerprint density at radius 3 is 2.51 bits per heavy atom. The number of ether oxygens (including phenoxy) is 2. The van der Waals surface area contributed by atoms with Crippen molar-refractivity contribution in [1.82, 2.24) is 5.32 Å². The Labute approximate surface area is 230 Å². The van der Waals surface area contributed by atoms with Crippen LogP contribution in [0.5, 0.6) is 11.5 Å². The topological polar surface area (TPSA) is 80.3 Å². The van der Waals surface area contributed by atoms with Gasteiger partial charge in [0.05, 0.1) is 25.4 Å². The fraction of sp³-hybridized carbons (Fsp3) is 0.552. The van der Waals surface area contributed by atoms with Crippen LogP contribution in [0.2, 0.25) is 18.1 Å². The first-order valence-corrected chi connectivity index (χ1v) is 16.3. The predicted octanol–water partition coefficient (Wildman–Crippen LogP) is 4.95. The summed E-state index contributed by atoms with van der Waals surface area (Å²) in [5, 5.41) is 14.9. The summed E-state index contributed by atoms with van der Waals surface area (Å²) in [6.07, 6.45) is 0.223. The summed E-state index contributed by atoms with van der Waals surface area (Å²) < 4.78 is 47.9. The van der Waals surface area contributed by atoms with Crippen LogP contribution in [-0.2, 0) is 22.2 Å². The maximum Gasteiger partial charge on any atom is 0.227 e. The predicted molar refractivity (Wildman–Crippen MR) is 149 cm³/mol. The number of piperidine rings is 1. The molecule has 0 unspecified atom stereocenters. The molecular weight excluding hydrogens is 522 g/mol. The Bertz CT molecular complexity index is 1200. The molecule has 39 heavy (non-hydrogen) atoms. The largest absolute Gasteiger partial charge is 0.497 e. The van der Waals surface area contributed by atoms with Gasteiger partial charge in [0.15, 0.2) is 20.0 Å². The van der Waals surface area contributed by atoms with E-state index in [1.165, 1.54) is 4.90 Å². The average Bonchev–Trinajstić information content (AvgIpc) is 2.88. The molecule has 1 saturated heterocycles. The van der Waals surface area contributed by atoms with Gasteiger partial charge in [0.2, 0.25) is 5.91 Å². The Morgan fingerprint density at radius 1 is 1.18 bits per heavy atom. The number of rotatable bonds is 8. The number of benzene rings is 2. The molecule has 1 fully saturated rings. The molecule has 0 radical (unpaired) electrons. The molecule has 4 rings (SSSR count). The fourth-order valence-corrected chi connectivity index (χ4v) is 6.16. The molecule has 0 aliphatic carbocycles. The Kier molecular flexibility index (Phi) is 8.42. The normalized spacial score (nSPS) is 22.0. The molecular formula is C29H40F2N2O5Si. The zero-order valence-electron chi connectivity index (χ0n) is 23.7. The van der Waals surface area contributed by atoms with Gasteiger partial charge in [-0.25, -0.2) is 8.78 Å². The van der Waals surface area contributed by atoms with Crippen molar-refractivity contribution >= 4 is 19.9 Å². The molecule has 0 bridgehead atoms. The van der Waals surface area contributed by atoms with Gasteiger partial charge in [-0.05, 0) is 55.2 Å². The molecule has 2 aliphatic heterocycles. The third-order valence-electron chi connectivity index (χ3n) is 8.30. The highest BCUT2D eigenvalue weighted by Crippen LogP contribution is 2.42. The molecule has 1 amide bonds. The van der Waals surface area contributed by atoms with Crippen molar-refractivity contribution in [1.29, 1.82) is 0 Å². The van der Waals surface area contributed by atoms with Crippen molar-refractivity contribution in [3.05, 3.63) is 53.1 Å². The minimum atomic E-state index is -2.21. The summed E-state index contributed by atoms with van der Waals surface area (Å²) in [6.45, 7) is 11.6. The lowest BCUT2D eigenvalue weighted by molar-refractivity contribution is -0.119. The van der Waals surface area contributed by atoms with Crippen LogP contribution in [0.3, 0.4) is 0 Å². The van der Waals surface area contributed by atoms with Gasteiger partial charge in [0.25, 0.3) is 0 Å². The molecule has 2 atom stereocenters. The number of nitrogens with one attached hydrogen (secondary N) is 1. The van der Waals surface area contributed by atoms with Crippen molar-refractivity contribution in [3.63, 3.8) is 0 Å². The standard InChI is InChI=1S/C29H40F2N2O5Si/c1-28(2,3)39(5,6)38-24-16-32-14-13-29(24,35)18-37-23-15-22(30)26(31)27-21(23)11-12-25(34)33(27)17-19-7-9-20(36-4)10-8-19/h7-10,15,24,32,35H,11-14,16-18H2,1-6H3/t24-,29-/m1/s1. The number of halogens is 2. The van der Waals surface area contributed by atoms with Crippen molar-refractivity contribution in [2.75, 3.05) is 31.7 Å². The van der Waals surface area contributed by atoms with E-state index in [1.807, 2.05) is 0 Å². The Balaban J connectivity index is 1.61. The van der Waals surface area contributed by atoms with Crippen molar-refractivity contribution in [2.45, 2.75) is 76.4 Å². The number of fused-ring (bicyclic) bond motifs is 1. The van der Waals surface area contributed by atoms with Gasteiger partial charge in [-0.15, -0.1) is 0 Å². The van der Waals surface area contributed by atoms with Gasteiger partial charge in [0.1, 0.15) is 23.7 Å². The minimum absolute atomic E-state index is 0.0503. The molecule has 0 spiro atoms. The van der Waals surface area contributed by atoms with E-state index in [-0.39, 0.29) is 48.4 Å². The molecule has 0 aromatic heterocycles. The summed E-state index contributed by atoms with van der Waals surface area (Å²) >= 11 is 0. The second kappa shape index (κ2) is 11.2. The lowest BCUT2D eigenvalue weighted by atomic mass is 9.90. The van der Waals surface area contributed by atoms with E-state index in [4.69, 9.17) is 13.9 Å². The van der Waals surface area contributed by atoms with E-state index in [0.717, 1.165) is 11.6 Å². The second-order valence-corrected chi connectivity index (χ2v) is 16.8. The van der Waals surface area contributed by atoms with Crippen molar-refractivity contribution in [3.8, 4) is 11.5 Å².